The van der Waals surface area contributed by atoms with Crippen LogP contribution in [0.5, 0.6) is 0 Å². The fourth-order valence-corrected chi connectivity index (χ4v) is 4.98. The predicted octanol–water partition coefficient (Wildman–Crippen LogP) is 2.41. The van der Waals surface area contributed by atoms with Gasteiger partial charge in [-0.15, -0.1) is 0 Å². The molecule has 1 fully saturated rings. The van der Waals surface area contributed by atoms with E-state index in [-0.39, 0.29) is 22.4 Å². The molecule has 2 aromatic heterocycles. The van der Waals surface area contributed by atoms with Crippen LogP contribution in [0.3, 0.4) is 0 Å². The van der Waals surface area contributed by atoms with E-state index in [2.05, 4.69) is 15.2 Å². The van der Waals surface area contributed by atoms with E-state index in [0.29, 0.717) is 24.6 Å². The lowest BCUT2D eigenvalue weighted by molar-refractivity contribution is 0.0499. The Balaban J connectivity index is 1.73. The fraction of sp³-hybridized carbons (Fsp3) is 0.500. The Kier molecular flexibility index (Phi) is 6.98. The molecule has 4 rings (SSSR count). The first-order valence-electron chi connectivity index (χ1n) is 11.6. The Bertz CT molecular complexity index is 1310. The predicted molar refractivity (Wildman–Crippen MR) is 135 cm³/mol. The number of ether oxygens (including phenoxy) is 1. The maximum atomic E-state index is 13.3. The molecule has 35 heavy (non-hydrogen) atoms. The number of carbonyl (C=O) groups is 1. The van der Waals surface area contributed by atoms with Gasteiger partial charge in [-0.3, -0.25) is 18.1 Å². The number of nitrogens with zero attached hydrogens (tertiary/aromatic N) is 5. The summed E-state index contributed by atoms with van der Waals surface area (Å²) in [6.45, 7) is 7.16. The Labute approximate surface area is 206 Å². The molecule has 10 nitrogen and oxygen atoms in total. The number of carbonyl (C=O) groups excluding carboxylic acids is 1. The molecule has 3 heterocycles. The maximum absolute atomic E-state index is 13.3. The van der Waals surface area contributed by atoms with Crippen molar-refractivity contribution in [2.24, 2.45) is 7.05 Å². The van der Waals surface area contributed by atoms with Crippen LogP contribution in [-0.4, -0.2) is 60.4 Å². The topological polar surface area (TPSA) is 111 Å². The molecule has 1 saturated heterocycles. The first kappa shape index (κ1) is 24.9. The lowest BCUT2D eigenvalue weighted by Gasteiger charge is -2.34. The van der Waals surface area contributed by atoms with Gasteiger partial charge in [0, 0.05) is 32.4 Å². The average Bonchev–Trinajstić information content (AvgIpc) is 3.14. The molecule has 0 aliphatic carbocycles. The Morgan fingerprint density at radius 3 is 2.60 bits per heavy atom. The van der Waals surface area contributed by atoms with Crippen molar-refractivity contribution in [1.82, 2.24) is 24.4 Å². The highest BCUT2D eigenvalue weighted by molar-refractivity contribution is 7.84. The summed E-state index contributed by atoms with van der Waals surface area (Å²) in [5.74, 6) is 0.600. The molecule has 0 radical (unpaired) electrons. The van der Waals surface area contributed by atoms with Crippen LogP contribution in [0.4, 0.5) is 10.7 Å². The number of hydrogen-bond acceptors (Lipinski definition) is 7. The van der Waals surface area contributed by atoms with Gasteiger partial charge in [-0.1, -0.05) is 30.3 Å². The second-order valence-corrected chi connectivity index (χ2v) is 11.1. The monoisotopic (exact) mass is 500 g/mol. The van der Waals surface area contributed by atoms with E-state index in [4.69, 9.17) is 9.72 Å². The van der Waals surface area contributed by atoms with Gasteiger partial charge in [0.05, 0.1) is 17.3 Å². The van der Waals surface area contributed by atoms with Crippen LogP contribution in [0.1, 0.15) is 39.2 Å². The number of imidazole rings is 1. The first-order chi connectivity index (χ1) is 16.5. The van der Waals surface area contributed by atoms with Crippen LogP contribution in [0.2, 0.25) is 0 Å². The summed E-state index contributed by atoms with van der Waals surface area (Å²) >= 11 is 0. The molecular formula is C24H32N6O4S. The normalized spacial score (nSPS) is 17.4. The van der Waals surface area contributed by atoms with Crippen LogP contribution in [0, 0.1) is 0 Å². The van der Waals surface area contributed by atoms with Crippen molar-refractivity contribution in [2.45, 2.75) is 57.0 Å². The molecule has 1 amide bonds. The Hall–Kier alpha value is -3.21. The minimum atomic E-state index is -1.44. The highest BCUT2D eigenvalue weighted by Crippen LogP contribution is 2.25. The van der Waals surface area contributed by atoms with E-state index in [9.17, 15) is 13.8 Å². The molecule has 1 N–H and O–H groups in total. The van der Waals surface area contributed by atoms with E-state index in [1.54, 1.807) is 7.05 Å². The summed E-state index contributed by atoms with van der Waals surface area (Å²) in [5, 5.41) is 3.14. The van der Waals surface area contributed by atoms with E-state index in [0.717, 1.165) is 24.9 Å². The largest absolute Gasteiger partial charge is 0.444 e. The number of rotatable bonds is 5. The number of fused-ring (bicyclic) bond motifs is 1. The molecule has 0 spiro atoms. The van der Waals surface area contributed by atoms with Gasteiger partial charge in [-0.25, -0.2) is 4.79 Å². The highest BCUT2D eigenvalue weighted by atomic mass is 32.2. The van der Waals surface area contributed by atoms with Gasteiger partial charge in [-0.2, -0.15) is 9.97 Å². The Morgan fingerprint density at radius 2 is 1.94 bits per heavy atom. The first-order valence-corrected chi connectivity index (χ1v) is 13.2. The number of aromatic nitrogens is 4. The SMILES string of the molecule is Cn1c(S(C)=O)nc2nc(N3CCCC(NC(=O)OC(C)(C)C)C3)n(Cc3ccccc3)c2c1=O. The quantitative estimate of drug-likeness (QED) is 0.536. The standard InChI is InChI=1S/C24H32N6O4S/c1-24(2,3)34-23(32)25-17-12-9-13-29(15-17)21-26-19-18(20(31)28(4)22(27-19)35(5)33)30(21)14-16-10-7-6-8-11-16/h6-8,10-11,17H,9,12-15H2,1-5H3,(H,25,32). The number of amides is 1. The lowest BCUT2D eigenvalue weighted by Crippen LogP contribution is -2.49. The zero-order valence-corrected chi connectivity index (χ0v) is 21.6. The van der Waals surface area contributed by atoms with Crippen molar-refractivity contribution >= 4 is 34.0 Å². The number of piperidine rings is 1. The fourth-order valence-electron chi connectivity index (χ4n) is 4.29. The van der Waals surface area contributed by atoms with Gasteiger partial charge >= 0.3 is 6.09 Å². The van der Waals surface area contributed by atoms with Crippen molar-refractivity contribution < 1.29 is 13.7 Å². The maximum Gasteiger partial charge on any atom is 0.407 e. The molecule has 3 aromatic rings. The molecule has 1 aromatic carbocycles. The van der Waals surface area contributed by atoms with Gasteiger partial charge in [0.1, 0.15) is 5.60 Å². The van der Waals surface area contributed by atoms with Crippen LogP contribution < -0.4 is 15.8 Å². The second kappa shape index (κ2) is 9.80. The average molecular weight is 501 g/mol. The molecule has 0 bridgehead atoms. The molecule has 2 unspecified atom stereocenters. The summed E-state index contributed by atoms with van der Waals surface area (Å²) in [6, 6.07) is 9.70. The second-order valence-electron chi connectivity index (χ2n) is 9.80. The van der Waals surface area contributed by atoms with Crippen LogP contribution >= 0.6 is 0 Å². The summed E-state index contributed by atoms with van der Waals surface area (Å²) in [6.07, 6.45) is 2.69. The third-order valence-corrected chi connectivity index (χ3v) is 6.67. The van der Waals surface area contributed by atoms with E-state index in [1.807, 2.05) is 55.7 Å². The van der Waals surface area contributed by atoms with Gasteiger partial charge in [0.25, 0.3) is 5.56 Å². The van der Waals surface area contributed by atoms with Crippen LogP contribution in [0.25, 0.3) is 11.2 Å². The van der Waals surface area contributed by atoms with Gasteiger partial charge in [-0.05, 0) is 39.2 Å². The number of alkyl carbamates (subject to hydrolysis) is 1. The van der Waals surface area contributed by atoms with E-state index < -0.39 is 22.5 Å². The van der Waals surface area contributed by atoms with Crippen molar-refractivity contribution in [3.05, 3.63) is 46.2 Å². The number of anilines is 1. The number of benzene rings is 1. The molecule has 1 aliphatic heterocycles. The number of nitrogens with one attached hydrogen (secondary N) is 1. The summed E-state index contributed by atoms with van der Waals surface area (Å²) in [7, 11) is 0.136. The van der Waals surface area contributed by atoms with E-state index in [1.165, 1.54) is 10.8 Å². The van der Waals surface area contributed by atoms with Gasteiger partial charge in [0.15, 0.2) is 11.2 Å². The molecule has 0 saturated carbocycles. The third-order valence-electron chi connectivity index (χ3n) is 5.79. The number of hydrogen-bond donors (Lipinski definition) is 1. The van der Waals surface area contributed by atoms with Crippen LogP contribution in [-0.2, 0) is 29.1 Å². The van der Waals surface area contributed by atoms with Gasteiger partial charge in [0.2, 0.25) is 11.1 Å². The minimum absolute atomic E-state index is 0.127. The van der Waals surface area contributed by atoms with Crippen LogP contribution in [0.15, 0.2) is 40.3 Å². The zero-order chi connectivity index (χ0) is 25.3. The van der Waals surface area contributed by atoms with Gasteiger partial charge < -0.3 is 15.0 Å². The lowest BCUT2D eigenvalue weighted by atomic mass is 10.1. The molecule has 2 atom stereocenters. The minimum Gasteiger partial charge on any atom is -0.444 e. The van der Waals surface area contributed by atoms with Crippen molar-refractivity contribution in [3.63, 3.8) is 0 Å². The molecule has 1 aliphatic rings. The zero-order valence-electron chi connectivity index (χ0n) is 20.8. The van der Waals surface area contributed by atoms with Crippen molar-refractivity contribution in [2.75, 3.05) is 24.2 Å². The molecule has 188 valence electrons. The van der Waals surface area contributed by atoms with Crippen molar-refractivity contribution in [3.8, 4) is 0 Å². The van der Waals surface area contributed by atoms with E-state index >= 15 is 0 Å². The molecule has 11 heteroatoms. The Morgan fingerprint density at radius 1 is 1.23 bits per heavy atom. The summed E-state index contributed by atoms with van der Waals surface area (Å²) in [5.41, 5.74) is 0.772. The summed E-state index contributed by atoms with van der Waals surface area (Å²) < 4.78 is 20.8. The summed E-state index contributed by atoms with van der Waals surface area (Å²) in [4.78, 5) is 37.0. The van der Waals surface area contributed by atoms with Crippen molar-refractivity contribution in [1.29, 1.82) is 0 Å². The highest BCUT2D eigenvalue weighted by Gasteiger charge is 2.29. The smallest absolute Gasteiger partial charge is 0.407 e. The molecular weight excluding hydrogens is 468 g/mol. The third kappa shape index (κ3) is 5.55.